The Morgan fingerprint density at radius 2 is 2.06 bits per heavy atom. The molecule has 0 aromatic heterocycles. The summed E-state index contributed by atoms with van der Waals surface area (Å²) in [6.07, 6.45) is -1.07. The number of aliphatic hydroxyl groups excluding tert-OH is 1. The first-order valence-electron chi connectivity index (χ1n) is 5.24. The molecule has 0 bridgehead atoms. The van der Waals surface area contributed by atoms with E-state index >= 15 is 0 Å². The highest BCUT2D eigenvalue weighted by atomic mass is 19.1. The van der Waals surface area contributed by atoms with Crippen molar-refractivity contribution in [2.75, 3.05) is 12.4 Å². The van der Waals surface area contributed by atoms with Crippen molar-refractivity contribution in [3.8, 4) is 0 Å². The molecule has 1 unspecified atom stereocenters. The lowest BCUT2D eigenvalue weighted by Gasteiger charge is -2.13. The lowest BCUT2D eigenvalue weighted by molar-refractivity contribution is -0.114. The number of amides is 1. The third kappa shape index (κ3) is 3.04. The second-order valence-corrected chi connectivity index (χ2v) is 3.77. The van der Waals surface area contributed by atoms with Gasteiger partial charge in [-0.1, -0.05) is 0 Å². The highest BCUT2D eigenvalue weighted by Gasteiger charge is 2.19. The molecular weight excluding hydrogens is 241 g/mol. The number of benzene rings is 1. The average molecular weight is 255 g/mol. The molecule has 2 N–H and O–H groups in total. The van der Waals surface area contributed by atoms with E-state index in [-0.39, 0.29) is 16.8 Å². The first kappa shape index (κ1) is 14.1. The van der Waals surface area contributed by atoms with Gasteiger partial charge in [-0.2, -0.15) is 0 Å². The van der Waals surface area contributed by atoms with Gasteiger partial charge in [0, 0.05) is 12.5 Å². The van der Waals surface area contributed by atoms with E-state index in [2.05, 4.69) is 10.1 Å². The summed E-state index contributed by atoms with van der Waals surface area (Å²) >= 11 is 0. The number of hydrogen-bond acceptors (Lipinski definition) is 4. The molecule has 18 heavy (non-hydrogen) atoms. The Labute approximate surface area is 104 Å². The van der Waals surface area contributed by atoms with Crippen LogP contribution in [0, 0.1) is 5.82 Å². The predicted molar refractivity (Wildman–Crippen MR) is 62.7 cm³/mol. The van der Waals surface area contributed by atoms with Crippen LogP contribution in [0.15, 0.2) is 12.1 Å². The van der Waals surface area contributed by atoms with Crippen molar-refractivity contribution >= 4 is 17.6 Å². The average Bonchev–Trinajstić information content (AvgIpc) is 2.27. The molecule has 5 nitrogen and oxygen atoms in total. The van der Waals surface area contributed by atoms with Crippen LogP contribution in [0.3, 0.4) is 0 Å². The number of halogens is 1. The maximum absolute atomic E-state index is 13.6. The molecule has 1 rings (SSSR count). The molecule has 98 valence electrons. The first-order valence-corrected chi connectivity index (χ1v) is 5.24. The number of anilines is 1. The summed E-state index contributed by atoms with van der Waals surface area (Å²) in [4.78, 5) is 22.5. The van der Waals surface area contributed by atoms with Crippen LogP contribution in [-0.2, 0) is 9.53 Å². The standard InChI is InChI=1S/C12H14FNO4/c1-6(15)8-4-9(12(17)18-3)11(5-10(8)13)14-7(2)16/h4-6,15H,1-3H3,(H,14,16). The minimum Gasteiger partial charge on any atom is -0.465 e. The number of esters is 1. The Hall–Kier alpha value is -1.95. The third-order valence-corrected chi connectivity index (χ3v) is 2.30. The molecule has 0 saturated carbocycles. The third-order valence-electron chi connectivity index (χ3n) is 2.30. The number of hydrogen-bond donors (Lipinski definition) is 2. The molecule has 0 radical (unpaired) electrons. The SMILES string of the molecule is COC(=O)c1cc(C(C)O)c(F)cc1NC(C)=O. The van der Waals surface area contributed by atoms with E-state index in [4.69, 9.17) is 0 Å². The summed E-state index contributed by atoms with van der Waals surface area (Å²) in [5, 5.41) is 11.7. The lowest BCUT2D eigenvalue weighted by Crippen LogP contribution is -2.14. The number of aliphatic hydroxyl groups is 1. The van der Waals surface area contributed by atoms with Crippen LogP contribution in [0.25, 0.3) is 0 Å². The minimum absolute atomic E-state index is 0.00926. The van der Waals surface area contributed by atoms with Crippen molar-refractivity contribution in [1.29, 1.82) is 0 Å². The predicted octanol–water partition coefficient (Wildman–Crippen LogP) is 1.62. The summed E-state index contributed by atoms with van der Waals surface area (Å²) in [7, 11) is 1.17. The van der Waals surface area contributed by atoms with Crippen LogP contribution in [0.5, 0.6) is 0 Å². The topological polar surface area (TPSA) is 75.6 Å². The van der Waals surface area contributed by atoms with E-state index in [1.165, 1.54) is 21.0 Å². The largest absolute Gasteiger partial charge is 0.465 e. The van der Waals surface area contributed by atoms with E-state index in [1.54, 1.807) is 0 Å². The lowest BCUT2D eigenvalue weighted by atomic mass is 10.0. The summed E-state index contributed by atoms with van der Waals surface area (Å²) in [6.45, 7) is 2.61. The van der Waals surface area contributed by atoms with Crippen LogP contribution in [0.4, 0.5) is 10.1 Å². The Morgan fingerprint density at radius 3 is 2.50 bits per heavy atom. The molecular formula is C12H14FNO4. The van der Waals surface area contributed by atoms with Crippen LogP contribution in [0.2, 0.25) is 0 Å². The van der Waals surface area contributed by atoms with E-state index < -0.39 is 23.8 Å². The zero-order valence-electron chi connectivity index (χ0n) is 10.3. The van der Waals surface area contributed by atoms with Crippen LogP contribution < -0.4 is 5.32 Å². The van der Waals surface area contributed by atoms with Gasteiger partial charge in [-0.05, 0) is 19.1 Å². The second kappa shape index (κ2) is 5.59. The molecule has 0 spiro atoms. The van der Waals surface area contributed by atoms with Crippen molar-refractivity contribution < 1.29 is 23.8 Å². The van der Waals surface area contributed by atoms with Gasteiger partial charge in [-0.3, -0.25) is 4.79 Å². The number of ether oxygens (including phenoxy) is 1. The van der Waals surface area contributed by atoms with Gasteiger partial charge >= 0.3 is 5.97 Å². The van der Waals surface area contributed by atoms with Gasteiger partial charge in [0.25, 0.3) is 0 Å². The molecule has 1 aromatic carbocycles. The number of carbonyl (C=O) groups is 2. The van der Waals surface area contributed by atoms with Gasteiger partial charge < -0.3 is 15.2 Å². The maximum atomic E-state index is 13.6. The quantitative estimate of drug-likeness (QED) is 0.805. The van der Waals surface area contributed by atoms with E-state index in [9.17, 15) is 19.1 Å². The van der Waals surface area contributed by atoms with Gasteiger partial charge in [0.15, 0.2) is 0 Å². The summed E-state index contributed by atoms with van der Waals surface area (Å²) in [5.41, 5.74) is -0.0363. The van der Waals surface area contributed by atoms with Gasteiger partial charge in [-0.15, -0.1) is 0 Å². The highest BCUT2D eigenvalue weighted by molar-refractivity contribution is 6.00. The van der Waals surface area contributed by atoms with Gasteiger partial charge in [-0.25, -0.2) is 9.18 Å². The molecule has 0 aliphatic carbocycles. The Morgan fingerprint density at radius 1 is 1.44 bits per heavy atom. The number of nitrogens with one attached hydrogen (secondary N) is 1. The maximum Gasteiger partial charge on any atom is 0.339 e. The summed E-state index contributed by atoms with van der Waals surface area (Å²) < 4.78 is 18.2. The fraction of sp³-hybridized carbons (Fsp3) is 0.333. The van der Waals surface area contributed by atoms with Crippen LogP contribution in [0.1, 0.15) is 35.9 Å². The first-order chi connectivity index (χ1) is 8.36. The van der Waals surface area contributed by atoms with Gasteiger partial charge in [0.1, 0.15) is 5.82 Å². The van der Waals surface area contributed by atoms with Crippen LogP contribution in [-0.4, -0.2) is 24.1 Å². The smallest absolute Gasteiger partial charge is 0.339 e. The van der Waals surface area contributed by atoms with Crippen molar-refractivity contribution in [1.82, 2.24) is 0 Å². The van der Waals surface area contributed by atoms with Gasteiger partial charge in [0.05, 0.1) is 24.5 Å². The monoisotopic (exact) mass is 255 g/mol. The molecule has 0 aliphatic rings. The molecule has 0 aliphatic heterocycles. The zero-order valence-corrected chi connectivity index (χ0v) is 10.3. The fourth-order valence-corrected chi connectivity index (χ4v) is 1.48. The highest BCUT2D eigenvalue weighted by Crippen LogP contribution is 2.25. The number of methoxy groups -OCH3 is 1. The fourth-order valence-electron chi connectivity index (χ4n) is 1.48. The number of rotatable bonds is 3. The molecule has 1 amide bonds. The van der Waals surface area contributed by atoms with E-state index in [1.807, 2.05) is 0 Å². The Bertz CT molecular complexity index is 485. The van der Waals surface area contributed by atoms with Crippen molar-refractivity contribution in [3.63, 3.8) is 0 Å². The zero-order chi connectivity index (χ0) is 13.9. The molecule has 0 saturated heterocycles. The summed E-state index contributed by atoms with van der Waals surface area (Å²) in [6, 6.07) is 2.15. The molecule has 0 fully saturated rings. The van der Waals surface area contributed by atoms with Crippen LogP contribution >= 0.6 is 0 Å². The second-order valence-electron chi connectivity index (χ2n) is 3.77. The van der Waals surface area contributed by atoms with Crippen molar-refractivity contribution in [3.05, 3.63) is 29.1 Å². The minimum atomic E-state index is -1.07. The Balaban J connectivity index is 3.36. The molecule has 1 aromatic rings. The van der Waals surface area contributed by atoms with Gasteiger partial charge in [0.2, 0.25) is 5.91 Å². The van der Waals surface area contributed by atoms with E-state index in [0.29, 0.717) is 0 Å². The van der Waals surface area contributed by atoms with Crippen molar-refractivity contribution in [2.24, 2.45) is 0 Å². The Kier molecular flexibility index (Phi) is 4.38. The normalized spacial score (nSPS) is 11.8. The van der Waals surface area contributed by atoms with Crippen molar-refractivity contribution in [2.45, 2.75) is 20.0 Å². The van der Waals surface area contributed by atoms with E-state index in [0.717, 1.165) is 12.1 Å². The molecule has 6 heteroatoms. The molecule has 0 heterocycles. The summed E-state index contributed by atoms with van der Waals surface area (Å²) in [5.74, 6) is -1.87. The number of carbonyl (C=O) groups excluding carboxylic acids is 2. The molecule has 1 atom stereocenters.